The van der Waals surface area contributed by atoms with E-state index in [1.54, 1.807) is 0 Å². The van der Waals surface area contributed by atoms with Crippen molar-refractivity contribution in [2.24, 2.45) is 0 Å². The van der Waals surface area contributed by atoms with Gasteiger partial charge in [0.25, 0.3) is 5.85 Å². The van der Waals surface area contributed by atoms with E-state index in [4.69, 9.17) is 0 Å². The number of hydrogen-bond donors (Lipinski definition) is 0. The lowest BCUT2D eigenvalue weighted by atomic mass is 10.4. The van der Waals surface area contributed by atoms with Gasteiger partial charge in [-0.2, -0.15) is 5.11 Å². The van der Waals surface area contributed by atoms with E-state index in [1.807, 2.05) is 0 Å². The van der Waals surface area contributed by atoms with E-state index < -0.39 is 12.5 Å². The van der Waals surface area contributed by atoms with E-state index in [0.29, 0.717) is 6.92 Å². The van der Waals surface area contributed by atoms with Crippen LogP contribution in [0, 0.1) is 0 Å². The molecule has 0 saturated heterocycles. The van der Waals surface area contributed by atoms with Crippen LogP contribution in [0.4, 0.5) is 8.78 Å². The van der Waals surface area contributed by atoms with Gasteiger partial charge in [-0.1, -0.05) is 0 Å². The molecule has 0 aromatic rings. The van der Waals surface area contributed by atoms with Crippen LogP contribution in [0.2, 0.25) is 0 Å². The van der Waals surface area contributed by atoms with Gasteiger partial charge < -0.3 is 0 Å². The second-order valence-electron chi connectivity index (χ2n) is 1.24. The number of rotatable bonds is 1. The fraction of sp³-hybridized carbons (Fsp3) is 1.00. The molecule has 0 rings (SSSR count). The molecule has 0 aromatic carbocycles. The Morgan fingerprint density at radius 2 is 2.00 bits per heavy atom. The zero-order chi connectivity index (χ0) is 5.21. The summed E-state index contributed by atoms with van der Waals surface area (Å²) in [4.78, 5) is 0. The molecule has 0 fully saturated rings. The molecule has 0 aliphatic rings. The summed E-state index contributed by atoms with van der Waals surface area (Å²) >= 11 is 0. The van der Waals surface area contributed by atoms with Gasteiger partial charge in [-0.3, -0.25) is 0 Å². The van der Waals surface area contributed by atoms with E-state index in [1.165, 1.54) is 0 Å². The Morgan fingerprint density at radius 1 is 1.83 bits per heavy atom. The van der Waals surface area contributed by atoms with Gasteiger partial charge in [-0.25, -0.2) is 8.78 Å². The molecule has 0 spiro atoms. The Bertz CT molecular complexity index is 38.5. The van der Waals surface area contributed by atoms with E-state index in [2.05, 4.69) is 0 Å². The van der Waals surface area contributed by atoms with Crippen molar-refractivity contribution in [1.29, 1.82) is 0 Å². The van der Waals surface area contributed by atoms with Crippen molar-refractivity contribution >= 4 is 0 Å². The molecule has 0 N–H and O–H groups in total. The van der Waals surface area contributed by atoms with Crippen LogP contribution in [0.25, 0.3) is 0 Å². The Labute approximate surface area is 34.6 Å². The Balaban J connectivity index is 3.17. The summed E-state index contributed by atoms with van der Waals surface area (Å²) in [6.07, 6.45) is 0. The van der Waals surface area contributed by atoms with Crippen LogP contribution in [0.3, 0.4) is 0 Å². The van der Waals surface area contributed by atoms with Gasteiger partial charge in [0, 0.05) is 6.92 Å². The standard InChI is InChI=1S/C3H5F2O/c1-3(5,6)2-4/h2H2,1H3/t3-/m0/s1. The number of alkyl halides is 2. The maximum absolute atomic E-state index is 11.2. The average molecular weight is 95.1 g/mol. The van der Waals surface area contributed by atoms with Crippen LogP contribution < -0.4 is 0 Å². The van der Waals surface area contributed by atoms with E-state index in [0.717, 1.165) is 0 Å². The Kier molecular flexibility index (Phi) is 1.47. The van der Waals surface area contributed by atoms with Gasteiger partial charge in [0.15, 0.2) is 6.67 Å². The van der Waals surface area contributed by atoms with Gasteiger partial charge in [0.05, 0.1) is 0 Å². The van der Waals surface area contributed by atoms with Crippen LogP contribution in [-0.2, 0) is 5.11 Å². The summed E-state index contributed by atoms with van der Waals surface area (Å²) in [5, 5.41) is 9.43. The second-order valence-corrected chi connectivity index (χ2v) is 1.24. The first kappa shape index (κ1) is 5.82. The van der Waals surface area contributed by atoms with Crippen molar-refractivity contribution in [3.05, 3.63) is 0 Å². The SMILES string of the molecule is C[C@@]([O])(F)CF. The highest BCUT2D eigenvalue weighted by Crippen LogP contribution is 2.03. The molecule has 0 unspecified atom stereocenters. The van der Waals surface area contributed by atoms with E-state index in [-0.39, 0.29) is 0 Å². The van der Waals surface area contributed by atoms with Crippen LogP contribution in [0.15, 0.2) is 0 Å². The third-order valence-electron chi connectivity index (χ3n) is 0.239. The van der Waals surface area contributed by atoms with Crippen molar-refractivity contribution < 1.29 is 13.9 Å². The Morgan fingerprint density at radius 3 is 2.00 bits per heavy atom. The van der Waals surface area contributed by atoms with Gasteiger partial charge in [0.1, 0.15) is 0 Å². The highest BCUT2D eigenvalue weighted by Gasteiger charge is 2.18. The normalized spacial score (nSPS) is 20.0. The molecule has 0 aromatic heterocycles. The van der Waals surface area contributed by atoms with Crippen molar-refractivity contribution in [1.82, 2.24) is 0 Å². The molecule has 1 atom stereocenters. The van der Waals surface area contributed by atoms with Gasteiger partial charge >= 0.3 is 0 Å². The van der Waals surface area contributed by atoms with Crippen molar-refractivity contribution in [2.75, 3.05) is 6.67 Å². The molecule has 1 nitrogen and oxygen atoms in total. The Hall–Kier alpha value is -0.180. The highest BCUT2D eigenvalue weighted by atomic mass is 19.2. The van der Waals surface area contributed by atoms with Gasteiger partial charge in [0.2, 0.25) is 0 Å². The first-order valence-corrected chi connectivity index (χ1v) is 1.51. The lowest BCUT2D eigenvalue weighted by Gasteiger charge is -1.99. The third kappa shape index (κ3) is 3.82. The molecular formula is C3H5F2O. The smallest absolute Gasteiger partial charge is 0.245 e. The summed E-state index contributed by atoms with van der Waals surface area (Å²) in [5.41, 5.74) is 0. The predicted octanol–water partition coefficient (Wildman–Crippen LogP) is 1.07. The summed E-state index contributed by atoms with van der Waals surface area (Å²) in [7, 11) is 0. The largest absolute Gasteiger partial charge is 0.266 e. The lowest BCUT2D eigenvalue weighted by Crippen LogP contribution is -2.16. The molecule has 0 bridgehead atoms. The fourth-order valence-corrected chi connectivity index (χ4v) is 0. The van der Waals surface area contributed by atoms with Crippen molar-refractivity contribution in [3.8, 4) is 0 Å². The third-order valence-corrected chi connectivity index (χ3v) is 0.239. The molecule has 37 valence electrons. The molecule has 0 heterocycles. The minimum Gasteiger partial charge on any atom is -0.245 e. The second kappa shape index (κ2) is 1.51. The number of hydrogen-bond acceptors (Lipinski definition) is 0. The summed E-state index contributed by atoms with van der Waals surface area (Å²) < 4.78 is 22.0. The molecule has 3 heteroatoms. The first-order chi connectivity index (χ1) is 2.56. The topological polar surface area (TPSA) is 19.9 Å². The number of halogens is 2. The van der Waals surface area contributed by atoms with Crippen molar-refractivity contribution in [3.63, 3.8) is 0 Å². The molecule has 0 amide bonds. The quantitative estimate of drug-likeness (QED) is 0.464. The maximum Gasteiger partial charge on any atom is 0.266 e. The van der Waals surface area contributed by atoms with Crippen LogP contribution in [0.5, 0.6) is 0 Å². The fourth-order valence-electron chi connectivity index (χ4n) is 0. The summed E-state index contributed by atoms with van der Waals surface area (Å²) in [6.45, 7) is -0.806. The van der Waals surface area contributed by atoms with Crippen LogP contribution in [-0.4, -0.2) is 12.5 Å². The first-order valence-electron chi connectivity index (χ1n) is 1.51. The average Bonchev–Trinajstić information content (AvgIpc) is 1.35. The molecule has 0 aliphatic heterocycles. The van der Waals surface area contributed by atoms with Gasteiger partial charge in [-0.05, 0) is 0 Å². The monoisotopic (exact) mass is 95.0 g/mol. The van der Waals surface area contributed by atoms with Crippen LogP contribution >= 0.6 is 0 Å². The van der Waals surface area contributed by atoms with Gasteiger partial charge in [-0.15, -0.1) is 0 Å². The zero-order valence-electron chi connectivity index (χ0n) is 3.37. The van der Waals surface area contributed by atoms with E-state index >= 15 is 0 Å². The molecule has 0 saturated carbocycles. The minimum absolute atomic E-state index is 0.646. The summed E-state index contributed by atoms with van der Waals surface area (Å²) in [6, 6.07) is 0. The van der Waals surface area contributed by atoms with Crippen LogP contribution in [0.1, 0.15) is 6.92 Å². The minimum atomic E-state index is -2.88. The van der Waals surface area contributed by atoms with E-state index in [9.17, 15) is 13.9 Å². The lowest BCUT2D eigenvalue weighted by molar-refractivity contribution is -0.138. The molecule has 6 heavy (non-hydrogen) atoms. The summed E-state index contributed by atoms with van der Waals surface area (Å²) in [5.74, 6) is -2.88. The maximum atomic E-state index is 11.2. The van der Waals surface area contributed by atoms with Crippen molar-refractivity contribution in [2.45, 2.75) is 12.8 Å². The molecule has 1 radical (unpaired) electrons. The predicted molar refractivity (Wildman–Crippen MR) is 16.2 cm³/mol. The molecule has 0 aliphatic carbocycles. The highest BCUT2D eigenvalue weighted by molar-refractivity contribution is 4.49. The zero-order valence-corrected chi connectivity index (χ0v) is 3.37. The molecular weight excluding hydrogens is 90.0 g/mol.